The van der Waals surface area contributed by atoms with E-state index < -0.39 is 49.5 Å². The zero-order valence-corrected chi connectivity index (χ0v) is 29.1. The number of benzene rings is 2. The van der Waals surface area contributed by atoms with E-state index >= 15 is 0 Å². The van der Waals surface area contributed by atoms with Crippen molar-refractivity contribution >= 4 is 54.9 Å². The van der Waals surface area contributed by atoms with Crippen molar-refractivity contribution in [2.45, 2.75) is 75.2 Å². The molecule has 1 aliphatic rings. The fourth-order valence-electron chi connectivity index (χ4n) is 6.05. The van der Waals surface area contributed by atoms with Gasteiger partial charge in [-0.15, -0.1) is 5.43 Å². The maximum Gasteiger partial charge on any atom is 0.337 e. The highest BCUT2D eigenvalue weighted by Gasteiger charge is 2.45. The number of methoxy groups -OCH3 is 1. The highest BCUT2D eigenvalue weighted by molar-refractivity contribution is 7.99. The van der Waals surface area contributed by atoms with E-state index in [0.29, 0.717) is 16.1 Å². The number of para-hydroxylation sites is 1. The van der Waals surface area contributed by atoms with Crippen LogP contribution in [-0.4, -0.2) is 58.2 Å². The van der Waals surface area contributed by atoms with E-state index in [4.69, 9.17) is 4.74 Å². The molecule has 1 fully saturated rings. The van der Waals surface area contributed by atoms with E-state index in [1.165, 1.54) is 31.4 Å². The zero-order valence-electron chi connectivity index (χ0n) is 27.4. The standard InChI is InChI=1S/C35H42N3O8PS/c1-22(2)19-28(33(41)42)36-32(40)27(20-23-9-5-4-6-10-23)35(44,47-45)21-48-30-18-17-24-11-7-8-12-29(24)38(30)37-31(39)25-13-15-26(16-14-25)34(43)46-3/h7-8,11-18,22-23,27-28,44H,4-6,9-10,19-21H2,1-3H3,(H2-,36,37,39,40,41,42)/p+1/t27?,28-,35?/m0/s1. The Morgan fingerprint density at radius 2 is 1.67 bits per heavy atom. The van der Waals surface area contributed by atoms with Gasteiger partial charge in [-0.2, -0.15) is 0 Å². The van der Waals surface area contributed by atoms with Crippen LogP contribution in [-0.2, 0) is 18.9 Å². The van der Waals surface area contributed by atoms with Crippen LogP contribution in [0.5, 0.6) is 0 Å². The number of hydrogen-bond acceptors (Lipinski definition) is 8. The van der Waals surface area contributed by atoms with Gasteiger partial charge in [0.1, 0.15) is 6.04 Å². The summed E-state index contributed by atoms with van der Waals surface area (Å²) >= 11 is 1.12. The Labute approximate surface area is 286 Å². The lowest BCUT2D eigenvalue weighted by atomic mass is 9.80. The van der Waals surface area contributed by atoms with Crippen LogP contribution < -0.4 is 15.4 Å². The van der Waals surface area contributed by atoms with Crippen molar-refractivity contribution in [3.8, 4) is 0 Å². The minimum Gasteiger partial charge on any atom is -0.480 e. The van der Waals surface area contributed by atoms with Crippen molar-refractivity contribution in [2.24, 2.45) is 17.8 Å². The second kappa shape index (κ2) is 17.0. The zero-order chi connectivity index (χ0) is 34.8. The Kier molecular flexibility index (Phi) is 13.1. The number of rotatable bonds is 15. The van der Waals surface area contributed by atoms with Gasteiger partial charge in [-0.3, -0.25) is 14.2 Å². The number of esters is 1. The Morgan fingerprint density at radius 1 is 1.00 bits per heavy atom. The molecule has 2 amide bonds. The minimum absolute atomic E-state index is 0.000359. The summed E-state index contributed by atoms with van der Waals surface area (Å²) in [4.78, 5) is 51.1. The predicted octanol–water partition coefficient (Wildman–Crippen LogP) is 5.57. The number of aliphatic hydroxyl groups is 1. The Hall–Kier alpha value is -3.86. The number of carbonyl (C=O) groups is 4. The van der Waals surface area contributed by atoms with Crippen LogP contribution in [0.1, 0.15) is 79.5 Å². The molecule has 4 N–H and O–H groups in total. The van der Waals surface area contributed by atoms with Gasteiger partial charge >= 0.3 is 17.8 Å². The summed E-state index contributed by atoms with van der Waals surface area (Å²) in [6.07, 6.45) is 5.29. The third-order valence-corrected chi connectivity index (χ3v) is 10.9. The Bertz CT molecular complexity index is 1630. The molecule has 1 heterocycles. The lowest BCUT2D eigenvalue weighted by molar-refractivity contribution is -0.653. The van der Waals surface area contributed by atoms with Crippen LogP contribution in [0.4, 0.5) is 0 Å². The molecule has 0 radical (unpaired) electrons. The summed E-state index contributed by atoms with van der Waals surface area (Å²) in [5, 5.41) is 23.7. The molecule has 1 aromatic heterocycles. The van der Waals surface area contributed by atoms with Crippen molar-refractivity contribution in [1.82, 2.24) is 5.32 Å². The van der Waals surface area contributed by atoms with Gasteiger partial charge in [-0.25, -0.2) is 9.59 Å². The maximum atomic E-state index is 13.8. The quantitative estimate of drug-likeness (QED) is 0.0689. The van der Waals surface area contributed by atoms with Crippen LogP contribution in [0, 0.1) is 17.8 Å². The van der Waals surface area contributed by atoms with Gasteiger partial charge in [0.05, 0.1) is 18.6 Å². The average molecular weight is 697 g/mol. The van der Waals surface area contributed by atoms with Crippen molar-refractivity contribution in [2.75, 3.05) is 18.3 Å². The second-order valence-electron chi connectivity index (χ2n) is 12.7. The molecule has 48 heavy (non-hydrogen) atoms. The maximum absolute atomic E-state index is 13.8. The number of thioether (sulfide) groups is 1. The number of aliphatic carboxylic acids is 1. The molecular formula is C35H43N3O8PS+. The second-order valence-corrected chi connectivity index (χ2v) is 14.6. The molecule has 1 saturated carbocycles. The number of fused-ring (bicyclic) bond motifs is 1. The molecule has 0 bridgehead atoms. The van der Waals surface area contributed by atoms with Crippen LogP contribution >= 0.6 is 20.2 Å². The smallest absolute Gasteiger partial charge is 0.337 e. The number of pyridine rings is 1. The Morgan fingerprint density at radius 3 is 2.29 bits per heavy atom. The van der Waals surface area contributed by atoms with E-state index in [0.717, 1.165) is 49.3 Å². The fraction of sp³-hybridized carbons (Fsp3) is 0.457. The van der Waals surface area contributed by atoms with Crippen molar-refractivity contribution in [3.05, 3.63) is 71.8 Å². The summed E-state index contributed by atoms with van der Waals surface area (Å²) in [5.41, 5.74) is 4.13. The topological polar surface area (TPSA) is 163 Å². The highest BCUT2D eigenvalue weighted by atomic mass is 32.2. The first-order valence-corrected chi connectivity index (χ1v) is 17.9. The van der Waals surface area contributed by atoms with Crippen LogP contribution in [0.2, 0.25) is 0 Å². The molecule has 13 heteroatoms. The lowest BCUT2D eigenvalue weighted by Gasteiger charge is -2.34. The van der Waals surface area contributed by atoms with Gasteiger partial charge in [0.15, 0.2) is 13.8 Å². The van der Waals surface area contributed by atoms with E-state index in [1.54, 1.807) is 10.7 Å². The average Bonchev–Trinajstić information content (AvgIpc) is 3.09. The molecule has 3 aromatic rings. The molecular weight excluding hydrogens is 653 g/mol. The number of aromatic nitrogens is 1. The first-order chi connectivity index (χ1) is 22.9. The molecule has 2 unspecified atom stereocenters. The lowest BCUT2D eigenvalue weighted by Crippen LogP contribution is -2.52. The van der Waals surface area contributed by atoms with Crippen LogP contribution in [0.3, 0.4) is 0 Å². The molecule has 3 atom stereocenters. The van der Waals surface area contributed by atoms with E-state index in [9.17, 15) is 34.0 Å². The van der Waals surface area contributed by atoms with Gasteiger partial charge in [0, 0.05) is 28.8 Å². The fourth-order valence-corrected chi connectivity index (χ4v) is 7.81. The third kappa shape index (κ3) is 9.39. The number of carboxylic acids is 1. The molecule has 0 spiro atoms. The molecule has 0 aliphatic heterocycles. The summed E-state index contributed by atoms with van der Waals surface area (Å²) in [6.45, 7) is 3.72. The number of nitrogens with zero attached hydrogens (tertiary/aromatic N) is 1. The number of amides is 2. The molecule has 0 saturated heterocycles. The molecule has 4 rings (SSSR count). The van der Waals surface area contributed by atoms with Gasteiger partial charge in [-0.05, 0) is 61.1 Å². The third-order valence-electron chi connectivity index (χ3n) is 8.67. The largest absolute Gasteiger partial charge is 0.480 e. The SMILES string of the molecule is COC(=O)c1ccc(C(=O)N[n+]2c(SCC(O)(P=O)C(CC3CCCCC3)C(=O)N[C@@H](CC(C)C)C(=O)O)ccc3ccccc32)cc1. The molecule has 11 nitrogen and oxygen atoms in total. The summed E-state index contributed by atoms with van der Waals surface area (Å²) < 4.78 is 19.1. The van der Waals surface area contributed by atoms with E-state index in [1.807, 2.05) is 44.2 Å². The summed E-state index contributed by atoms with van der Waals surface area (Å²) in [7, 11) is 0.604. The predicted molar refractivity (Wildman–Crippen MR) is 183 cm³/mol. The van der Waals surface area contributed by atoms with Gasteiger partial charge < -0.3 is 20.3 Å². The molecule has 1 aliphatic carbocycles. The Balaban J connectivity index is 1.64. The van der Waals surface area contributed by atoms with E-state index in [2.05, 4.69) is 10.7 Å². The number of ether oxygens (including phenoxy) is 1. The normalized spacial score (nSPS) is 16.2. The van der Waals surface area contributed by atoms with E-state index in [-0.39, 0.29) is 36.0 Å². The number of carbonyl (C=O) groups excluding carboxylic acids is 3. The summed E-state index contributed by atoms with van der Waals surface area (Å²) in [5.74, 6) is -4.01. The van der Waals surface area contributed by atoms with Crippen molar-refractivity contribution in [1.29, 1.82) is 0 Å². The highest BCUT2D eigenvalue weighted by Crippen LogP contribution is 2.41. The monoisotopic (exact) mass is 696 g/mol. The first kappa shape index (κ1) is 37.0. The molecule has 2 aromatic carbocycles. The van der Waals surface area contributed by atoms with Gasteiger partial charge in [0.25, 0.3) is 5.03 Å². The number of nitrogens with one attached hydrogen (secondary N) is 2. The number of carboxylic acid groups (broad SMARTS) is 1. The molecule has 256 valence electrons. The van der Waals surface area contributed by atoms with Crippen molar-refractivity contribution < 1.29 is 43.4 Å². The van der Waals surface area contributed by atoms with Crippen molar-refractivity contribution in [3.63, 3.8) is 0 Å². The first-order valence-electron chi connectivity index (χ1n) is 16.1. The minimum atomic E-state index is -2.04. The van der Waals surface area contributed by atoms with Gasteiger partial charge in [0.2, 0.25) is 11.4 Å². The van der Waals surface area contributed by atoms with Crippen LogP contribution in [0.15, 0.2) is 65.7 Å². The van der Waals surface area contributed by atoms with Gasteiger partial charge in [-0.1, -0.05) is 74.5 Å². The summed E-state index contributed by atoms with van der Waals surface area (Å²) in [6, 6.07) is 15.8. The van der Waals surface area contributed by atoms with Crippen LogP contribution in [0.25, 0.3) is 10.9 Å². The number of hydrogen-bond donors (Lipinski definition) is 4.